The summed E-state index contributed by atoms with van der Waals surface area (Å²) in [6.07, 6.45) is 5.07. The zero-order valence-corrected chi connectivity index (χ0v) is 13.6. The largest absolute Gasteiger partial charge is 0.352 e. The molecule has 2 aromatic rings. The number of hydrogen-bond donors (Lipinski definition) is 1. The fraction of sp³-hybridized carbons (Fsp3) is 0.500. The SMILES string of the molecule is O=C(CSc1nnnn1-c1ccccc1)N[C@@H]1C[C@@H]2CC[C@@H]1C2. The topological polar surface area (TPSA) is 72.7 Å². The van der Waals surface area contributed by atoms with Crippen molar-refractivity contribution in [1.29, 1.82) is 0 Å². The molecule has 1 aromatic heterocycles. The van der Waals surface area contributed by atoms with E-state index in [2.05, 4.69) is 20.8 Å². The van der Waals surface area contributed by atoms with Gasteiger partial charge in [0.1, 0.15) is 0 Å². The van der Waals surface area contributed by atoms with Crippen molar-refractivity contribution in [3.8, 4) is 5.69 Å². The molecule has 0 saturated heterocycles. The van der Waals surface area contributed by atoms with E-state index in [1.54, 1.807) is 4.68 Å². The maximum atomic E-state index is 12.2. The predicted molar refractivity (Wildman–Crippen MR) is 87.3 cm³/mol. The maximum Gasteiger partial charge on any atom is 0.230 e. The molecule has 2 fully saturated rings. The first kappa shape index (κ1) is 14.7. The summed E-state index contributed by atoms with van der Waals surface area (Å²) >= 11 is 1.37. The first-order chi connectivity index (χ1) is 11.3. The lowest BCUT2D eigenvalue weighted by molar-refractivity contribution is -0.119. The molecule has 1 N–H and O–H groups in total. The Balaban J connectivity index is 1.35. The van der Waals surface area contributed by atoms with Crippen LogP contribution >= 0.6 is 11.8 Å². The molecule has 1 heterocycles. The standard InChI is InChI=1S/C16H19N5OS/c22-15(17-14-9-11-6-7-12(14)8-11)10-23-16-18-19-20-21(16)13-4-2-1-3-5-13/h1-5,11-12,14H,6-10H2,(H,17,22)/t11-,12-,14-/m1/s1. The Bertz CT molecular complexity index is 689. The minimum Gasteiger partial charge on any atom is -0.352 e. The van der Waals surface area contributed by atoms with Crippen LogP contribution in [0.5, 0.6) is 0 Å². The molecular weight excluding hydrogens is 310 g/mol. The van der Waals surface area contributed by atoms with Gasteiger partial charge in [0.05, 0.1) is 11.4 Å². The Morgan fingerprint density at radius 3 is 2.87 bits per heavy atom. The molecule has 3 atom stereocenters. The maximum absolute atomic E-state index is 12.2. The molecule has 2 aliphatic carbocycles. The normalized spacial score (nSPS) is 25.7. The van der Waals surface area contributed by atoms with Crippen LogP contribution in [0.2, 0.25) is 0 Å². The molecule has 120 valence electrons. The number of para-hydroxylation sites is 1. The highest BCUT2D eigenvalue weighted by molar-refractivity contribution is 7.99. The van der Waals surface area contributed by atoms with E-state index in [1.807, 2.05) is 30.3 Å². The van der Waals surface area contributed by atoms with Crippen LogP contribution in [0.1, 0.15) is 25.7 Å². The van der Waals surface area contributed by atoms with Crippen LogP contribution in [0.4, 0.5) is 0 Å². The minimum atomic E-state index is 0.0789. The molecule has 0 unspecified atom stereocenters. The third-order valence-corrected chi connectivity index (χ3v) is 5.78. The molecule has 0 spiro atoms. The van der Waals surface area contributed by atoms with E-state index >= 15 is 0 Å². The van der Waals surface area contributed by atoms with Crippen molar-refractivity contribution in [2.24, 2.45) is 11.8 Å². The van der Waals surface area contributed by atoms with Crippen molar-refractivity contribution < 1.29 is 4.79 Å². The van der Waals surface area contributed by atoms with Crippen LogP contribution in [0.15, 0.2) is 35.5 Å². The highest BCUT2D eigenvalue weighted by atomic mass is 32.2. The first-order valence-corrected chi connectivity index (χ1v) is 9.04. The number of benzene rings is 1. The van der Waals surface area contributed by atoms with E-state index < -0.39 is 0 Å². The minimum absolute atomic E-state index is 0.0789. The molecule has 1 aromatic carbocycles. The Kier molecular flexibility index (Phi) is 4.03. The molecular formula is C16H19N5OS. The summed E-state index contributed by atoms with van der Waals surface area (Å²) < 4.78 is 1.66. The first-order valence-electron chi connectivity index (χ1n) is 8.05. The van der Waals surface area contributed by atoms with Crippen molar-refractivity contribution in [3.63, 3.8) is 0 Å². The van der Waals surface area contributed by atoms with Gasteiger partial charge in [-0.05, 0) is 53.7 Å². The second-order valence-electron chi connectivity index (χ2n) is 6.35. The van der Waals surface area contributed by atoms with Crippen LogP contribution in [-0.4, -0.2) is 37.9 Å². The third kappa shape index (κ3) is 3.10. The Morgan fingerprint density at radius 2 is 2.13 bits per heavy atom. The van der Waals surface area contributed by atoms with Crippen molar-refractivity contribution in [2.45, 2.75) is 36.9 Å². The number of nitrogens with zero attached hydrogens (tertiary/aromatic N) is 4. The average Bonchev–Trinajstić information content (AvgIpc) is 3.30. The zero-order valence-electron chi connectivity index (χ0n) is 12.8. The van der Waals surface area contributed by atoms with Gasteiger partial charge >= 0.3 is 0 Å². The van der Waals surface area contributed by atoms with Crippen LogP contribution in [-0.2, 0) is 4.79 Å². The lowest BCUT2D eigenvalue weighted by atomic mass is 9.95. The van der Waals surface area contributed by atoms with Crippen LogP contribution in [0.25, 0.3) is 5.69 Å². The summed E-state index contributed by atoms with van der Waals surface area (Å²) in [5.74, 6) is 1.96. The molecule has 6 nitrogen and oxygen atoms in total. The molecule has 7 heteroatoms. The van der Waals surface area contributed by atoms with E-state index in [4.69, 9.17) is 0 Å². The van der Waals surface area contributed by atoms with E-state index in [0.717, 1.165) is 18.0 Å². The average molecular weight is 329 g/mol. The zero-order chi connectivity index (χ0) is 15.6. The number of fused-ring (bicyclic) bond motifs is 2. The van der Waals surface area contributed by atoms with E-state index in [9.17, 15) is 4.79 Å². The fourth-order valence-corrected chi connectivity index (χ4v) is 4.50. The van der Waals surface area contributed by atoms with Crippen LogP contribution in [0.3, 0.4) is 0 Å². The van der Waals surface area contributed by atoms with Crippen LogP contribution < -0.4 is 5.32 Å². The highest BCUT2D eigenvalue weighted by Gasteiger charge is 2.40. The predicted octanol–water partition coefficient (Wildman–Crippen LogP) is 2.06. The number of nitrogens with one attached hydrogen (secondary N) is 1. The van der Waals surface area contributed by atoms with Gasteiger partial charge in [0, 0.05) is 6.04 Å². The quantitative estimate of drug-likeness (QED) is 0.850. The summed E-state index contributed by atoms with van der Waals surface area (Å²) in [5, 5.41) is 15.6. The lowest BCUT2D eigenvalue weighted by Gasteiger charge is -2.22. The molecule has 0 aliphatic heterocycles. The third-order valence-electron chi connectivity index (χ3n) is 4.86. The van der Waals surface area contributed by atoms with Gasteiger partial charge in [0.25, 0.3) is 0 Å². The second-order valence-corrected chi connectivity index (χ2v) is 7.29. The van der Waals surface area contributed by atoms with Crippen molar-refractivity contribution in [2.75, 3.05) is 5.75 Å². The lowest BCUT2D eigenvalue weighted by Crippen LogP contribution is -2.39. The van der Waals surface area contributed by atoms with Gasteiger partial charge in [-0.2, -0.15) is 4.68 Å². The van der Waals surface area contributed by atoms with Crippen LogP contribution in [0, 0.1) is 11.8 Å². The second kappa shape index (κ2) is 6.31. The van der Waals surface area contributed by atoms with Crippen molar-refractivity contribution >= 4 is 17.7 Å². The van der Waals surface area contributed by atoms with Gasteiger partial charge in [-0.1, -0.05) is 36.4 Å². The molecule has 1 amide bonds. The van der Waals surface area contributed by atoms with Gasteiger partial charge in [0.15, 0.2) is 0 Å². The highest BCUT2D eigenvalue weighted by Crippen LogP contribution is 2.44. The Hall–Kier alpha value is -1.89. The molecule has 2 saturated carbocycles. The number of carbonyl (C=O) groups excluding carboxylic acids is 1. The molecule has 23 heavy (non-hydrogen) atoms. The molecule has 0 radical (unpaired) electrons. The number of aromatic nitrogens is 4. The number of tetrazole rings is 1. The van der Waals surface area contributed by atoms with Crippen molar-refractivity contribution in [1.82, 2.24) is 25.5 Å². The summed E-state index contributed by atoms with van der Waals surface area (Å²) in [4.78, 5) is 12.2. The van der Waals surface area contributed by atoms with E-state index in [-0.39, 0.29) is 5.91 Å². The Morgan fingerprint density at radius 1 is 1.26 bits per heavy atom. The monoisotopic (exact) mass is 329 g/mol. The summed E-state index contributed by atoms with van der Waals surface area (Å²) in [7, 11) is 0. The van der Waals surface area contributed by atoms with Gasteiger partial charge < -0.3 is 5.32 Å². The number of rotatable bonds is 5. The van der Waals surface area contributed by atoms with Gasteiger partial charge in [-0.25, -0.2) is 0 Å². The summed E-state index contributed by atoms with van der Waals surface area (Å²) in [6.45, 7) is 0. The fourth-order valence-electron chi connectivity index (χ4n) is 3.80. The number of hydrogen-bond acceptors (Lipinski definition) is 5. The summed E-state index contributed by atoms with van der Waals surface area (Å²) in [5.41, 5.74) is 0.897. The molecule has 4 rings (SSSR count). The summed E-state index contributed by atoms with van der Waals surface area (Å²) in [6, 6.07) is 10.1. The van der Waals surface area contributed by atoms with Gasteiger partial charge in [0.2, 0.25) is 11.1 Å². The molecule has 2 bridgehead atoms. The number of thioether (sulfide) groups is 1. The van der Waals surface area contributed by atoms with E-state index in [1.165, 1.54) is 31.0 Å². The number of carbonyl (C=O) groups is 1. The Labute approximate surface area is 139 Å². The van der Waals surface area contributed by atoms with Gasteiger partial charge in [-0.15, -0.1) is 5.10 Å². The smallest absolute Gasteiger partial charge is 0.230 e. The van der Waals surface area contributed by atoms with E-state index in [0.29, 0.717) is 22.9 Å². The molecule has 2 aliphatic rings. The number of amides is 1. The van der Waals surface area contributed by atoms with Crippen molar-refractivity contribution in [3.05, 3.63) is 30.3 Å². The van der Waals surface area contributed by atoms with Gasteiger partial charge in [-0.3, -0.25) is 4.79 Å².